The molecule has 0 spiro atoms. The van der Waals surface area contributed by atoms with E-state index in [1.165, 1.54) is 6.07 Å². The van der Waals surface area contributed by atoms with E-state index in [0.29, 0.717) is 12.2 Å². The van der Waals surface area contributed by atoms with Gasteiger partial charge in [0.05, 0.1) is 29.3 Å². The van der Waals surface area contributed by atoms with Gasteiger partial charge < -0.3 is 14.7 Å². The van der Waals surface area contributed by atoms with E-state index in [-0.39, 0.29) is 17.9 Å². The number of rotatable bonds is 3. The highest BCUT2D eigenvalue weighted by atomic mass is 16.6. The Balaban J connectivity index is 2.28. The second kappa shape index (κ2) is 5.14. The van der Waals surface area contributed by atoms with Crippen molar-refractivity contribution in [3.05, 3.63) is 33.9 Å². The van der Waals surface area contributed by atoms with Gasteiger partial charge in [0.25, 0.3) is 5.69 Å². The normalized spacial score (nSPS) is 18.4. The van der Waals surface area contributed by atoms with Gasteiger partial charge in [-0.15, -0.1) is 0 Å². The zero-order valence-electron chi connectivity index (χ0n) is 11.1. The predicted molar refractivity (Wildman–Crippen MR) is 71.3 cm³/mol. The van der Waals surface area contributed by atoms with Crippen LogP contribution >= 0.6 is 0 Å². The van der Waals surface area contributed by atoms with Crippen molar-refractivity contribution in [1.82, 2.24) is 0 Å². The van der Waals surface area contributed by atoms with Crippen LogP contribution < -0.4 is 4.90 Å². The molecule has 19 heavy (non-hydrogen) atoms. The molecule has 0 unspecified atom stereocenters. The van der Waals surface area contributed by atoms with Gasteiger partial charge >= 0.3 is 0 Å². The number of benzene rings is 1. The average Bonchev–Trinajstić information content (AvgIpc) is 2.36. The fraction of sp³-hybridized carbons (Fsp3) is 0.538. The Bertz CT molecular complexity index is 488. The van der Waals surface area contributed by atoms with Crippen LogP contribution in [0.3, 0.4) is 0 Å². The lowest BCUT2D eigenvalue weighted by Crippen LogP contribution is -2.48. The minimum Gasteiger partial charge on any atom is -0.391 e. The van der Waals surface area contributed by atoms with Crippen LogP contribution in [-0.4, -0.2) is 35.3 Å². The summed E-state index contributed by atoms with van der Waals surface area (Å²) in [7, 11) is 0. The van der Waals surface area contributed by atoms with E-state index in [2.05, 4.69) is 4.90 Å². The molecule has 0 radical (unpaired) electrons. The molecule has 6 heteroatoms. The Kier molecular flexibility index (Phi) is 3.73. The average molecular weight is 266 g/mol. The number of ether oxygens (including phenoxy) is 1. The lowest BCUT2D eigenvalue weighted by atomic mass is 10.1. The summed E-state index contributed by atoms with van der Waals surface area (Å²) in [6.45, 7) is 5.77. The molecular weight excluding hydrogens is 248 g/mol. The van der Waals surface area contributed by atoms with Crippen LogP contribution in [0.15, 0.2) is 18.2 Å². The summed E-state index contributed by atoms with van der Waals surface area (Å²) in [6.07, 6.45) is 0. The molecule has 1 aliphatic heterocycles. The van der Waals surface area contributed by atoms with Crippen molar-refractivity contribution in [1.29, 1.82) is 0 Å². The number of nitro groups is 1. The highest BCUT2D eigenvalue weighted by molar-refractivity contribution is 5.56. The summed E-state index contributed by atoms with van der Waals surface area (Å²) >= 11 is 0. The molecule has 1 aliphatic rings. The number of hydrogen-bond acceptors (Lipinski definition) is 5. The highest BCUT2D eigenvalue weighted by Gasteiger charge is 2.28. The van der Waals surface area contributed by atoms with Crippen LogP contribution in [0.25, 0.3) is 0 Å². The molecule has 1 heterocycles. The van der Waals surface area contributed by atoms with Crippen molar-refractivity contribution >= 4 is 11.4 Å². The monoisotopic (exact) mass is 266 g/mol. The maximum atomic E-state index is 10.8. The Labute approximate surface area is 111 Å². The molecule has 1 aromatic rings. The van der Waals surface area contributed by atoms with Gasteiger partial charge in [-0.05, 0) is 26.0 Å². The summed E-state index contributed by atoms with van der Waals surface area (Å²) < 4.78 is 5.64. The molecule has 0 saturated carbocycles. The standard InChI is InChI=1S/C13H18N2O4/c1-13(2)9-14(5-6-19-13)11-3-4-12(15(17)18)10(7-11)8-16/h3-4,7,16H,5-6,8-9H2,1-2H3. The molecule has 1 fully saturated rings. The van der Waals surface area contributed by atoms with E-state index in [9.17, 15) is 15.2 Å². The molecule has 2 rings (SSSR count). The maximum Gasteiger partial charge on any atom is 0.275 e. The van der Waals surface area contributed by atoms with E-state index < -0.39 is 4.92 Å². The summed E-state index contributed by atoms with van der Waals surface area (Å²) in [5.41, 5.74) is 0.941. The largest absolute Gasteiger partial charge is 0.391 e. The molecule has 1 aromatic carbocycles. The van der Waals surface area contributed by atoms with Crippen LogP contribution in [0.5, 0.6) is 0 Å². The van der Waals surface area contributed by atoms with Gasteiger partial charge in [-0.25, -0.2) is 0 Å². The van der Waals surface area contributed by atoms with E-state index in [0.717, 1.165) is 18.8 Å². The lowest BCUT2D eigenvalue weighted by Gasteiger charge is -2.39. The third-order valence-electron chi connectivity index (χ3n) is 3.22. The number of hydrogen-bond donors (Lipinski definition) is 1. The van der Waals surface area contributed by atoms with E-state index in [1.54, 1.807) is 12.1 Å². The van der Waals surface area contributed by atoms with Crippen molar-refractivity contribution in [2.24, 2.45) is 0 Å². The van der Waals surface area contributed by atoms with Crippen LogP contribution in [0.1, 0.15) is 19.4 Å². The zero-order chi connectivity index (χ0) is 14.0. The van der Waals surface area contributed by atoms with Gasteiger partial charge in [-0.1, -0.05) is 0 Å². The molecule has 1 saturated heterocycles. The van der Waals surface area contributed by atoms with Crippen LogP contribution in [0.2, 0.25) is 0 Å². The van der Waals surface area contributed by atoms with Crippen LogP contribution in [0.4, 0.5) is 11.4 Å². The van der Waals surface area contributed by atoms with Gasteiger partial charge in [0.15, 0.2) is 0 Å². The third kappa shape index (κ3) is 3.02. The first kappa shape index (κ1) is 13.8. The van der Waals surface area contributed by atoms with Gasteiger partial charge in [0.2, 0.25) is 0 Å². The Hall–Kier alpha value is -1.66. The molecule has 1 N–H and O–H groups in total. The molecular formula is C13H18N2O4. The third-order valence-corrected chi connectivity index (χ3v) is 3.22. The van der Waals surface area contributed by atoms with Crippen molar-refractivity contribution < 1.29 is 14.8 Å². The van der Waals surface area contributed by atoms with E-state index in [4.69, 9.17) is 4.74 Å². The van der Waals surface area contributed by atoms with E-state index >= 15 is 0 Å². The van der Waals surface area contributed by atoms with Crippen LogP contribution in [0, 0.1) is 10.1 Å². The predicted octanol–water partition coefficient (Wildman–Crippen LogP) is 1.70. The number of aliphatic hydroxyl groups excluding tert-OH is 1. The van der Waals surface area contributed by atoms with Crippen molar-refractivity contribution in [3.8, 4) is 0 Å². The van der Waals surface area contributed by atoms with Gasteiger partial charge in [0, 0.05) is 24.8 Å². The Morgan fingerprint density at radius 1 is 1.53 bits per heavy atom. The Morgan fingerprint density at radius 3 is 2.84 bits per heavy atom. The smallest absolute Gasteiger partial charge is 0.275 e. The molecule has 104 valence electrons. The van der Waals surface area contributed by atoms with Crippen molar-refractivity contribution in [2.75, 3.05) is 24.6 Å². The number of nitro benzene ring substituents is 1. The number of nitrogens with zero attached hydrogens (tertiary/aromatic N) is 2. The molecule has 0 amide bonds. The van der Waals surface area contributed by atoms with Gasteiger partial charge in [-0.2, -0.15) is 0 Å². The van der Waals surface area contributed by atoms with Gasteiger partial charge in [0.1, 0.15) is 0 Å². The number of aliphatic hydroxyl groups is 1. The lowest BCUT2D eigenvalue weighted by molar-refractivity contribution is -0.385. The maximum absolute atomic E-state index is 10.8. The highest BCUT2D eigenvalue weighted by Crippen LogP contribution is 2.28. The first-order valence-corrected chi connectivity index (χ1v) is 6.20. The second-order valence-corrected chi connectivity index (χ2v) is 5.26. The zero-order valence-corrected chi connectivity index (χ0v) is 11.1. The van der Waals surface area contributed by atoms with Crippen molar-refractivity contribution in [3.63, 3.8) is 0 Å². The molecule has 0 bridgehead atoms. The quantitative estimate of drug-likeness (QED) is 0.665. The minimum absolute atomic E-state index is 0.0428. The summed E-state index contributed by atoms with van der Waals surface area (Å²) in [5, 5.41) is 20.1. The number of anilines is 1. The Morgan fingerprint density at radius 2 is 2.26 bits per heavy atom. The van der Waals surface area contributed by atoms with Crippen LogP contribution in [-0.2, 0) is 11.3 Å². The molecule has 0 atom stereocenters. The van der Waals surface area contributed by atoms with E-state index in [1.807, 2.05) is 13.8 Å². The minimum atomic E-state index is -0.474. The fourth-order valence-corrected chi connectivity index (χ4v) is 2.31. The molecule has 0 aromatic heterocycles. The molecule has 6 nitrogen and oxygen atoms in total. The SMILES string of the molecule is CC1(C)CN(c2ccc([N+](=O)[O-])c(CO)c2)CCO1. The molecule has 0 aliphatic carbocycles. The first-order valence-electron chi connectivity index (χ1n) is 6.20. The number of morpholine rings is 1. The van der Waals surface area contributed by atoms with Gasteiger partial charge in [-0.3, -0.25) is 10.1 Å². The fourth-order valence-electron chi connectivity index (χ4n) is 2.31. The summed E-state index contributed by atoms with van der Waals surface area (Å²) in [4.78, 5) is 12.5. The topological polar surface area (TPSA) is 75.8 Å². The first-order chi connectivity index (χ1) is 8.93. The van der Waals surface area contributed by atoms with Crippen molar-refractivity contribution in [2.45, 2.75) is 26.1 Å². The second-order valence-electron chi connectivity index (χ2n) is 5.26. The summed E-state index contributed by atoms with van der Waals surface area (Å²) in [6, 6.07) is 4.85. The summed E-state index contributed by atoms with van der Waals surface area (Å²) in [5.74, 6) is 0.